The topological polar surface area (TPSA) is 25.8 Å². The minimum absolute atomic E-state index is 0.379. The lowest BCUT2D eigenvalue weighted by atomic mass is 9.83. The first-order chi connectivity index (χ1) is 9.48. The zero-order valence-corrected chi connectivity index (χ0v) is 15.8. The van der Waals surface area contributed by atoms with E-state index in [1.165, 1.54) is 31.2 Å². The Labute approximate surface area is 136 Å². The monoisotopic (exact) mass is 358 g/mol. The predicted octanol–water partition coefficient (Wildman–Crippen LogP) is 5.48. The Kier molecular flexibility index (Phi) is 7.52. The van der Waals surface area contributed by atoms with Gasteiger partial charge in [0.25, 0.3) is 0 Å². The molecule has 114 valence electrons. The standard InChI is InChI=1S/C16H27BrN2S/c1-6-8-16(10-17,9-7-2)11-20-15-18-13(4)12(3)14(5)19-15/h6-11H2,1-5H3. The van der Waals surface area contributed by atoms with Gasteiger partial charge >= 0.3 is 0 Å². The van der Waals surface area contributed by atoms with E-state index in [1.807, 2.05) is 11.8 Å². The van der Waals surface area contributed by atoms with Crippen molar-refractivity contribution in [2.75, 3.05) is 11.1 Å². The summed E-state index contributed by atoms with van der Waals surface area (Å²) in [5.74, 6) is 1.10. The van der Waals surface area contributed by atoms with Crippen molar-refractivity contribution in [3.63, 3.8) is 0 Å². The molecule has 0 aliphatic carbocycles. The van der Waals surface area contributed by atoms with E-state index in [2.05, 4.69) is 60.5 Å². The smallest absolute Gasteiger partial charge is 0.188 e. The van der Waals surface area contributed by atoms with Gasteiger partial charge in [-0.15, -0.1) is 0 Å². The molecule has 1 aromatic heterocycles. The van der Waals surface area contributed by atoms with E-state index in [0.29, 0.717) is 5.41 Å². The van der Waals surface area contributed by atoms with E-state index >= 15 is 0 Å². The number of hydrogen-bond donors (Lipinski definition) is 0. The lowest BCUT2D eigenvalue weighted by Crippen LogP contribution is -2.25. The molecule has 20 heavy (non-hydrogen) atoms. The van der Waals surface area contributed by atoms with Crippen LogP contribution in [-0.2, 0) is 0 Å². The van der Waals surface area contributed by atoms with Crippen molar-refractivity contribution in [1.29, 1.82) is 0 Å². The van der Waals surface area contributed by atoms with Gasteiger partial charge in [-0.1, -0.05) is 54.4 Å². The number of rotatable bonds is 8. The molecular formula is C16H27BrN2S. The Hall–Kier alpha value is -0.0900. The van der Waals surface area contributed by atoms with Crippen molar-refractivity contribution in [2.24, 2.45) is 5.41 Å². The zero-order valence-electron chi connectivity index (χ0n) is 13.4. The number of aryl methyl sites for hydroxylation is 2. The quantitative estimate of drug-likeness (QED) is 0.349. The Morgan fingerprint density at radius 3 is 1.90 bits per heavy atom. The van der Waals surface area contributed by atoms with E-state index in [0.717, 1.165) is 27.6 Å². The van der Waals surface area contributed by atoms with Crippen LogP contribution in [0.3, 0.4) is 0 Å². The average molecular weight is 359 g/mol. The molecule has 1 rings (SSSR count). The van der Waals surface area contributed by atoms with Gasteiger partial charge in [0.2, 0.25) is 0 Å². The number of aromatic nitrogens is 2. The molecule has 0 aromatic carbocycles. The molecule has 0 atom stereocenters. The van der Waals surface area contributed by atoms with Gasteiger partial charge in [0, 0.05) is 22.5 Å². The minimum atomic E-state index is 0.379. The summed E-state index contributed by atoms with van der Waals surface area (Å²) in [5, 5.41) is 2.00. The van der Waals surface area contributed by atoms with E-state index in [4.69, 9.17) is 0 Å². The highest BCUT2D eigenvalue weighted by Crippen LogP contribution is 2.37. The lowest BCUT2D eigenvalue weighted by molar-refractivity contribution is 0.320. The third-order valence-electron chi connectivity index (χ3n) is 3.96. The van der Waals surface area contributed by atoms with E-state index in [1.54, 1.807) is 0 Å². The molecule has 0 unspecified atom stereocenters. The van der Waals surface area contributed by atoms with Crippen molar-refractivity contribution in [1.82, 2.24) is 9.97 Å². The maximum Gasteiger partial charge on any atom is 0.188 e. The highest BCUT2D eigenvalue weighted by molar-refractivity contribution is 9.09. The molecule has 4 heteroatoms. The third kappa shape index (κ3) is 4.73. The summed E-state index contributed by atoms with van der Waals surface area (Å²) in [6, 6.07) is 0. The maximum atomic E-state index is 4.63. The van der Waals surface area contributed by atoms with Gasteiger partial charge in [-0.05, 0) is 44.6 Å². The SMILES string of the molecule is CCCC(CBr)(CCC)CSc1nc(C)c(C)c(C)n1. The van der Waals surface area contributed by atoms with Crippen LogP contribution in [-0.4, -0.2) is 21.1 Å². The fourth-order valence-corrected chi connectivity index (χ4v) is 4.78. The zero-order chi connectivity index (χ0) is 15.2. The summed E-state index contributed by atoms with van der Waals surface area (Å²) < 4.78 is 0. The first-order valence-corrected chi connectivity index (χ1v) is 9.59. The second-order valence-electron chi connectivity index (χ2n) is 5.72. The summed E-state index contributed by atoms with van der Waals surface area (Å²) in [7, 11) is 0. The highest BCUT2D eigenvalue weighted by Gasteiger charge is 2.27. The third-order valence-corrected chi connectivity index (χ3v) is 6.35. The fraction of sp³-hybridized carbons (Fsp3) is 0.750. The molecule has 0 N–H and O–H groups in total. The summed E-state index contributed by atoms with van der Waals surface area (Å²) in [6.07, 6.45) is 5.00. The van der Waals surface area contributed by atoms with Gasteiger partial charge < -0.3 is 0 Å². The average Bonchev–Trinajstić information content (AvgIpc) is 2.42. The summed E-state index contributed by atoms with van der Waals surface area (Å²) >= 11 is 5.55. The molecule has 0 fully saturated rings. The van der Waals surface area contributed by atoms with Crippen molar-refractivity contribution in [2.45, 2.75) is 65.5 Å². The van der Waals surface area contributed by atoms with Crippen molar-refractivity contribution in [3.05, 3.63) is 17.0 Å². The van der Waals surface area contributed by atoms with Gasteiger partial charge in [-0.2, -0.15) is 0 Å². The largest absolute Gasteiger partial charge is 0.228 e. The molecule has 1 heterocycles. The second-order valence-corrected chi connectivity index (χ2v) is 7.23. The van der Waals surface area contributed by atoms with Crippen LogP contribution in [0.4, 0.5) is 0 Å². The highest BCUT2D eigenvalue weighted by atomic mass is 79.9. The Morgan fingerprint density at radius 2 is 1.50 bits per heavy atom. The number of thioether (sulfide) groups is 1. The minimum Gasteiger partial charge on any atom is -0.228 e. The number of hydrogen-bond acceptors (Lipinski definition) is 3. The summed E-state index contributed by atoms with van der Waals surface area (Å²) in [4.78, 5) is 9.26. The van der Waals surface area contributed by atoms with E-state index in [9.17, 15) is 0 Å². The van der Waals surface area contributed by atoms with Crippen LogP contribution in [0.15, 0.2) is 5.16 Å². The Bertz CT molecular complexity index is 405. The maximum absolute atomic E-state index is 4.63. The van der Waals surface area contributed by atoms with Crippen LogP contribution >= 0.6 is 27.7 Å². The van der Waals surface area contributed by atoms with E-state index < -0.39 is 0 Å². The van der Waals surface area contributed by atoms with Gasteiger partial charge in [-0.25, -0.2) is 9.97 Å². The summed E-state index contributed by atoms with van der Waals surface area (Å²) in [6.45, 7) is 10.8. The van der Waals surface area contributed by atoms with E-state index in [-0.39, 0.29) is 0 Å². The van der Waals surface area contributed by atoms with Crippen LogP contribution in [0.2, 0.25) is 0 Å². The van der Waals surface area contributed by atoms with Crippen LogP contribution in [0, 0.1) is 26.2 Å². The fourth-order valence-electron chi connectivity index (χ4n) is 2.53. The molecule has 2 nitrogen and oxygen atoms in total. The van der Waals surface area contributed by atoms with Crippen LogP contribution in [0.1, 0.15) is 56.5 Å². The predicted molar refractivity (Wildman–Crippen MR) is 93.0 cm³/mol. The number of alkyl halides is 1. The molecular weight excluding hydrogens is 332 g/mol. The Balaban J connectivity index is 2.81. The normalized spacial score (nSPS) is 11.9. The molecule has 1 aromatic rings. The van der Waals surface area contributed by atoms with Gasteiger partial charge in [0.1, 0.15) is 0 Å². The van der Waals surface area contributed by atoms with Gasteiger partial charge in [0.15, 0.2) is 5.16 Å². The molecule has 0 aliphatic heterocycles. The first kappa shape index (κ1) is 18.0. The van der Waals surface area contributed by atoms with Crippen LogP contribution in [0.5, 0.6) is 0 Å². The number of nitrogens with zero attached hydrogens (tertiary/aromatic N) is 2. The first-order valence-electron chi connectivity index (χ1n) is 7.48. The van der Waals surface area contributed by atoms with Gasteiger partial charge in [0.05, 0.1) is 0 Å². The molecule has 0 aliphatic rings. The van der Waals surface area contributed by atoms with Crippen LogP contribution < -0.4 is 0 Å². The lowest BCUT2D eigenvalue weighted by Gasteiger charge is -2.31. The number of halogens is 1. The van der Waals surface area contributed by atoms with Crippen molar-refractivity contribution >= 4 is 27.7 Å². The molecule has 0 amide bonds. The Morgan fingerprint density at radius 1 is 1.00 bits per heavy atom. The molecule has 0 saturated heterocycles. The second kappa shape index (κ2) is 8.38. The van der Waals surface area contributed by atoms with Gasteiger partial charge in [-0.3, -0.25) is 0 Å². The molecule has 0 bridgehead atoms. The summed E-state index contributed by atoms with van der Waals surface area (Å²) in [5.41, 5.74) is 3.80. The van der Waals surface area contributed by atoms with Crippen molar-refractivity contribution in [3.8, 4) is 0 Å². The molecule has 0 saturated carbocycles. The van der Waals surface area contributed by atoms with Crippen molar-refractivity contribution < 1.29 is 0 Å². The molecule has 0 spiro atoms. The van der Waals surface area contributed by atoms with Crippen LogP contribution in [0.25, 0.3) is 0 Å². The molecule has 0 radical (unpaired) electrons.